The zero-order valence-electron chi connectivity index (χ0n) is 13.9. The maximum Gasteiger partial charge on any atom is 0.418 e. The van der Waals surface area contributed by atoms with E-state index in [1.54, 1.807) is 0 Å². The van der Waals surface area contributed by atoms with Crippen LogP contribution in [0.2, 0.25) is 10.0 Å². The fourth-order valence-corrected chi connectivity index (χ4v) is 2.69. The Kier molecular flexibility index (Phi) is 6.13. The quantitative estimate of drug-likeness (QED) is 0.387. The van der Waals surface area contributed by atoms with Crippen molar-refractivity contribution in [2.75, 3.05) is 12.4 Å². The Balaban J connectivity index is 2.72. The van der Waals surface area contributed by atoms with E-state index in [2.05, 4.69) is 15.0 Å². The summed E-state index contributed by atoms with van der Waals surface area (Å²) in [5.41, 5.74) is -5.54. The molecular formula is C14H7Cl2F3N4O6. The van der Waals surface area contributed by atoms with Crippen molar-refractivity contribution in [2.45, 2.75) is 6.18 Å². The predicted molar refractivity (Wildman–Crippen MR) is 93.6 cm³/mol. The fraction of sp³-hybridized carbons (Fsp3) is 0.143. The number of anilines is 2. The highest BCUT2D eigenvalue weighted by Gasteiger charge is 2.42. The summed E-state index contributed by atoms with van der Waals surface area (Å²) in [5.74, 6) is -1.23. The lowest BCUT2D eigenvalue weighted by Crippen LogP contribution is -2.11. The minimum atomic E-state index is -5.19. The summed E-state index contributed by atoms with van der Waals surface area (Å²) in [6, 6.07) is 1.08. The van der Waals surface area contributed by atoms with Crippen LogP contribution >= 0.6 is 23.2 Å². The van der Waals surface area contributed by atoms with Gasteiger partial charge >= 0.3 is 23.5 Å². The van der Waals surface area contributed by atoms with Crippen molar-refractivity contribution < 1.29 is 32.5 Å². The number of nitrogens with one attached hydrogen (secondary N) is 1. The molecule has 1 aromatic carbocycles. The van der Waals surface area contributed by atoms with Crippen LogP contribution in [0.1, 0.15) is 15.9 Å². The molecule has 0 bridgehead atoms. The molecule has 0 aliphatic carbocycles. The number of halogens is 5. The summed E-state index contributed by atoms with van der Waals surface area (Å²) >= 11 is 11.4. The Morgan fingerprint density at radius 1 is 1.21 bits per heavy atom. The number of aromatic nitrogens is 1. The number of methoxy groups -OCH3 is 1. The van der Waals surface area contributed by atoms with Gasteiger partial charge in [0.15, 0.2) is 5.69 Å². The number of hydrogen-bond acceptors (Lipinski definition) is 8. The number of nitro groups is 2. The molecule has 0 aliphatic heterocycles. The van der Waals surface area contributed by atoms with E-state index in [-0.39, 0.29) is 16.7 Å². The van der Waals surface area contributed by atoms with Crippen molar-refractivity contribution in [2.24, 2.45) is 0 Å². The van der Waals surface area contributed by atoms with Crippen LogP contribution < -0.4 is 5.32 Å². The van der Waals surface area contributed by atoms with Crippen LogP contribution in [0.5, 0.6) is 0 Å². The highest BCUT2D eigenvalue weighted by molar-refractivity contribution is 6.35. The summed E-state index contributed by atoms with van der Waals surface area (Å²) in [7, 11) is 1.08. The first kappa shape index (κ1) is 22.1. The Labute approximate surface area is 168 Å². The van der Waals surface area contributed by atoms with Gasteiger partial charge < -0.3 is 10.1 Å². The number of nitro benzene ring substituents is 2. The molecule has 2 aromatic rings. The first-order valence-electron chi connectivity index (χ1n) is 7.11. The zero-order chi connectivity index (χ0) is 22.1. The highest BCUT2D eigenvalue weighted by atomic mass is 35.5. The summed E-state index contributed by atoms with van der Waals surface area (Å²) in [4.78, 5) is 35.2. The first-order valence-corrected chi connectivity index (χ1v) is 7.87. The van der Waals surface area contributed by atoms with Crippen molar-refractivity contribution in [1.82, 2.24) is 4.98 Å². The molecule has 2 rings (SSSR count). The van der Waals surface area contributed by atoms with E-state index < -0.39 is 55.5 Å². The topological polar surface area (TPSA) is 138 Å². The van der Waals surface area contributed by atoms with E-state index in [0.29, 0.717) is 0 Å². The number of hydrogen-bond donors (Lipinski definition) is 1. The number of alkyl halides is 3. The minimum absolute atomic E-state index is 0.0500. The van der Waals surface area contributed by atoms with Gasteiger partial charge in [-0.3, -0.25) is 20.2 Å². The first-order chi connectivity index (χ1) is 13.4. The van der Waals surface area contributed by atoms with Crippen molar-refractivity contribution in [1.29, 1.82) is 0 Å². The van der Waals surface area contributed by atoms with Crippen molar-refractivity contribution >= 4 is 52.1 Å². The third-order valence-electron chi connectivity index (χ3n) is 3.41. The molecule has 10 nitrogen and oxygen atoms in total. The van der Waals surface area contributed by atoms with Gasteiger partial charge in [-0.2, -0.15) is 13.2 Å². The molecule has 0 radical (unpaired) electrons. The van der Waals surface area contributed by atoms with Crippen LogP contribution in [0, 0.1) is 20.2 Å². The van der Waals surface area contributed by atoms with Gasteiger partial charge in [0.2, 0.25) is 0 Å². The third kappa shape index (κ3) is 4.46. The Hall–Kier alpha value is -3.19. The molecule has 0 saturated heterocycles. The fourth-order valence-electron chi connectivity index (χ4n) is 2.15. The van der Waals surface area contributed by atoms with E-state index in [4.69, 9.17) is 23.2 Å². The van der Waals surface area contributed by atoms with Gasteiger partial charge in [0.25, 0.3) is 0 Å². The number of rotatable bonds is 5. The third-order valence-corrected chi connectivity index (χ3v) is 4.08. The molecule has 0 atom stereocenters. The lowest BCUT2D eigenvalue weighted by Gasteiger charge is -2.14. The van der Waals surface area contributed by atoms with Crippen molar-refractivity contribution in [3.05, 3.63) is 59.7 Å². The number of carbonyl (C=O) groups is 1. The van der Waals surface area contributed by atoms with E-state index in [9.17, 15) is 38.2 Å². The average molecular weight is 455 g/mol. The standard InChI is InChI=1S/C14H7Cl2F3N4O6/c1-29-13(24)5-2-7(15)12(20-4-5)21-10-8(22(25)26)3-6(14(17,18)19)9(16)11(10)23(27)28/h2-4H,1H3,(H,20,21). The molecule has 0 spiro atoms. The second kappa shape index (κ2) is 8.05. The molecule has 154 valence electrons. The number of pyridine rings is 1. The Morgan fingerprint density at radius 3 is 2.28 bits per heavy atom. The van der Waals surface area contributed by atoms with Gasteiger partial charge in [-0.15, -0.1) is 0 Å². The summed E-state index contributed by atoms with van der Waals surface area (Å²) in [6.45, 7) is 0. The molecule has 0 amide bonds. The molecule has 1 heterocycles. The summed E-state index contributed by atoms with van der Waals surface area (Å²) < 4.78 is 43.7. The van der Waals surface area contributed by atoms with Gasteiger partial charge in [-0.25, -0.2) is 9.78 Å². The number of esters is 1. The second-order valence-electron chi connectivity index (χ2n) is 5.16. The maximum absolute atomic E-state index is 13.1. The van der Waals surface area contributed by atoms with Crippen molar-refractivity contribution in [3.8, 4) is 0 Å². The zero-order valence-corrected chi connectivity index (χ0v) is 15.4. The largest absolute Gasteiger partial charge is 0.465 e. The van der Waals surface area contributed by atoms with Gasteiger partial charge in [0, 0.05) is 12.3 Å². The molecule has 1 aromatic heterocycles. The van der Waals surface area contributed by atoms with Crippen LogP contribution in [-0.2, 0) is 10.9 Å². The lowest BCUT2D eigenvalue weighted by molar-refractivity contribution is -0.392. The second-order valence-corrected chi connectivity index (χ2v) is 5.95. The normalized spacial score (nSPS) is 11.1. The smallest absolute Gasteiger partial charge is 0.418 e. The van der Waals surface area contributed by atoms with Gasteiger partial charge in [0.05, 0.1) is 33.1 Å². The highest BCUT2D eigenvalue weighted by Crippen LogP contribution is 2.48. The van der Waals surface area contributed by atoms with Gasteiger partial charge in [-0.1, -0.05) is 23.2 Å². The Morgan fingerprint density at radius 2 is 1.83 bits per heavy atom. The minimum Gasteiger partial charge on any atom is -0.465 e. The number of benzene rings is 1. The molecule has 0 fully saturated rings. The summed E-state index contributed by atoms with van der Waals surface area (Å²) in [5, 5.41) is 23.0. The lowest BCUT2D eigenvalue weighted by atomic mass is 10.1. The average Bonchev–Trinajstić information content (AvgIpc) is 2.61. The maximum atomic E-state index is 13.1. The molecular weight excluding hydrogens is 448 g/mol. The van der Waals surface area contributed by atoms with Crippen molar-refractivity contribution in [3.63, 3.8) is 0 Å². The van der Waals surface area contributed by atoms with Crippen LogP contribution in [0.4, 0.5) is 36.1 Å². The van der Waals surface area contributed by atoms with Crippen LogP contribution in [0.3, 0.4) is 0 Å². The predicted octanol–water partition coefficient (Wildman–Crippen LogP) is 4.75. The number of nitrogens with zero attached hydrogens (tertiary/aromatic N) is 3. The SMILES string of the molecule is COC(=O)c1cnc(Nc2c([N+](=O)[O-])cc(C(F)(F)F)c(Cl)c2[N+](=O)[O-])c(Cl)c1. The van der Waals surface area contributed by atoms with E-state index >= 15 is 0 Å². The Bertz CT molecular complexity index is 1030. The van der Waals surface area contributed by atoms with Gasteiger partial charge in [-0.05, 0) is 6.07 Å². The number of carbonyl (C=O) groups excluding carboxylic acids is 1. The molecule has 0 aliphatic rings. The molecule has 0 saturated carbocycles. The van der Waals surface area contributed by atoms with Crippen LogP contribution in [-0.4, -0.2) is 27.9 Å². The molecule has 29 heavy (non-hydrogen) atoms. The molecule has 1 N–H and O–H groups in total. The van der Waals surface area contributed by atoms with Crippen LogP contribution in [0.25, 0.3) is 0 Å². The van der Waals surface area contributed by atoms with Gasteiger partial charge in [0.1, 0.15) is 10.8 Å². The monoisotopic (exact) mass is 454 g/mol. The van der Waals surface area contributed by atoms with E-state index in [1.807, 2.05) is 0 Å². The molecule has 0 unspecified atom stereocenters. The van der Waals surface area contributed by atoms with E-state index in [0.717, 1.165) is 19.4 Å². The molecule has 15 heteroatoms. The summed E-state index contributed by atoms with van der Waals surface area (Å²) in [6.07, 6.45) is -4.26. The van der Waals surface area contributed by atoms with Crippen LogP contribution in [0.15, 0.2) is 18.3 Å². The van der Waals surface area contributed by atoms with E-state index in [1.165, 1.54) is 0 Å². The number of ether oxygens (including phenoxy) is 1.